The molecule has 0 aliphatic heterocycles. The van der Waals surface area contributed by atoms with Crippen LogP contribution in [-0.4, -0.2) is 20.9 Å². The SMILES string of the molecule is CCNc1ccc(S(=O)(=O)NC(=O)CC[C@@H](C)[C@H]2CCC3C4C[C@H](CC)[C@@H]5CCCC[C@]5(C)C4CC[C@@]32C)c(C)c1. The van der Waals surface area contributed by atoms with Crippen LogP contribution >= 0.6 is 0 Å². The van der Waals surface area contributed by atoms with Crippen LogP contribution in [0.15, 0.2) is 23.1 Å². The van der Waals surface area contributed by atoms with Gasteiger partial charge in [0.1, 0.15) is 0 Å². The van der Waals surface area contributed by atoms with Gasteiger partial charge >= 0.3 is 0 Å². The monoisotopic (exact) mass is 584 g/mol. The number of fused-ring (bicyclic) bond motifs is 5. The standard InChI is InChI=1S/C35H56N2O3S/c1-7-25-22-27-30-15-14-28(35(30,6)20-18-31(27)34(5)19-10-9-11-29(25)34)23(3)12-17-33(38)37-41(39,40)32-16-13-26(36-8-2)21-24(32)4/h13,16,21,23,25,27-31,36H,7-12,14-15,17-20,22H2,1-6H3,(H,37,38)/t23-,25+,27?,28-,29+,30?,31?,34+,35-/m1/s1. The molecule has 0 heterocycles. The van der Waals surface area contributed by atoms with Gasteiger partial charge in [0, 0.05) is 18.7 Å². The average molecular weight is 585 g/mol. The lowest BCUT2D eigenvalue weighted by molar-refractivity contribution is -0.138. The van der Waals surface area contributed by atoms with Gasteiger partial charge in [-0.15, -0.1) is 0 Å². The highest BCUT2D eigenvalue weighted by molar-refractivity contribution is 7.90. The summed E-state index contributed by atoms with van der Waals surface area (Å²) in [6, 6.07) is 5.17. The van der Waals surface area contributed by atoms with Gasteiger partial charge in [0.25, 0.3) is 10.0 Å². The maximum Gasteiger partial charge on any atom is 0.264 e. The quantitative estimate of drug-likeness (QED) is 0.306. The molecule has 6 heteroatoms. The highest BCUT2D eigenvalue weighted by Crippen LogP contribution is 2.69. The summed E-state index contributed by atoms with van der Waals surface area (Å²) in [7, 11) is -3.88. The lowest BCUT2D eigenvalue weighted by Crippen LogP contribution is -2.55. The van der Waals surface area contributed by atoms with Crippen LogP contribution in [0.5, 0.6) is 0 Å². The molecule has 0 aromatic heterocycles. The van der Waals surface area contributed by atoms with E-state index in [-0.39, 0.29) is 17.2 Å². The first kappa shape index (κ1) is 30.9. The Balaban J connectivity index is 1.22. The third-order valence-electron chi connectivity index (χ3n) is 13.0. The number of rotatable bonds is 9. The second kappa shape index (κ2) is 11.8. The summed E-state index contributed by atoms with van der Waals surface area (Å²) in [4.78, 5) is 13.1. The van der Waals surface area contributed by atoms with Gasteiger partial charge in [0.05, 0.1) is 4.90 Å². The molecule has 41 heavy (non-hydrogen) atoms. The molecule has 230 valence electrons. The number of benzene rings is 1. The fourth-order valence-corrected chi connectivity index (χ4v) is 12.3. The number of nitrogens with one attached hydrogen (secondary N) is 2. The van der Waals surface area contributed by atoms with Gasteiger partial charge < -0.3 is 5.32 Å². The zero-order chi connectivity index (χ0) is 29.6. The number of amides is 1. The lowest BCUT2D eigenvalue weighted by atomic mass is 9.42. The number of anilines is 1. The van der Waals surface area contributed by atoms with E-state index in [0.29, 0.717) is 28.2 Å². The van der Waals surface area contributed by atoms with E-state index in [9.17, 15) is 13.2 Å². The minimum Gasteiger partial charge on any atom is -0.385 e. The summed E-state index contributed by atoms with van der Waals surface area (Å²) >= 11 is 0. The molecule has 5 rings (SSSR count). The Morgan fingerprint density at radius 3 is 2.46 bits per heavy atom. The third kappa shape index (κ3) is 5.60. The molecular formula is C35H56N2O3S. The van der Waals surface area contributed by atoms with Gasteiger partial charge in [-0.1, -0.05) is 47.0 Å². The van der Waals surface area contributed by atoms with Gasteiger partial charge in [-0.2, -0.15) is 0 Å². The van der Waals surface area contributed by atoms with Crippen LogP contribution in [0.2, 0.25) is 0 Å². The van der Waals surface area contributed by atoms with Crippen molar-refractivity contribution >= 4 is 21.6 Å². The topological polar surface area (TPSA) is 75.3 Å². The predicted molar refractivity (Wildman–Crippen MR) is 168 cm³/mol. The van der Waals surface area contributed by atoms with E-state index < -0.39 is 10.0 Å². The lowest BCUT2D eigenvalue weighted by Gasteiger charge is -2.63. The molecule has 4 fully saturated rings. The van der Waals surface area contributed by atoms with E-state index in [1.807, 2.05) is 13.0 Å². The Labute approximate surface area is 250 Å². The fraction of sp³-hybridized carbons (Fsp3) is 0.800. The van der Waals surface area contributed by atoms with Crippen LogP contribution in [-0.2, 0) is 14.8 Å². The van der Waals surface area contributed by atoms with Crippen molar-refractivity contribution in [2.45, 2.75) is 123 Å². The summed E-state index contributed by atoms with van der Waals surface area (Å²) in [5, 5.41) is 3.20. The largest absolute Gasteiger partial charge is 0.385 e. The Bertz CT molecular complexity index is 1210. The molecule has 0 saturated heterocycles. The van der Waals surface area contributed by atoms with Gasteiger partial charge in [-0.25, -0.2) is 13.1 Å². The van der Waals surface area contributed by atoms with Gasteiger partial charge in [-0.3, -0.25) is 4.79 Å². The Hall–Kier alpha value is -1.56. The molecule has 0 spiro atoms. The van der Waals surface area contributed by atoms with Crippen LogP contribution in [0.3, 0.4) is 0 Å². The normalized spacial score (nSPS) is 37.4. The molecular weight excluding hydrogens is 528 g/mol. The van der Waals surface area contributed by atoms with E-state index in [1.54, 1.807) is 19.1 Å². The maximum absolute atomic E-state index is 13.0. The first-order valence-corrected chi connectivity index (χ1v) is 18.3. The molecule has 9 atom stereocenters. The van der Waals surface area contributed by atoms with Crippen molar-refractivity contribution in [3.05, 3.63) is 23.8 Å². The molecule has 1 aromatic carbocycles. The number of carbonyl (C=O) groups is 1. The number of sulfonamides is 1. The van der Waals surface area contributed by atoms with Crippen molar-refractivity contribution in [1.29, 1.82) is 0 Å². The zero-order valence-corrected chi connectivity index (χ0v) is 27.4. The van der Waals surface area contributed by atoms with Gasteiger partial charge in [0.15, 0.2) is 0 Å². The smallest absolute Gasteiger partial charge is 0.264 e. The number of hydrogen-bond donors (Lipinski definition) is 2. The van der Waals surface area contributed by atoms with Crippen molar-refractivity contribution in [1.82, 2.24) is 4.72 Å². The average Bonchev–Trinajstić information content (AvgIpc) is 3.28. The van der Waals surface area contributed by atoms with E-state index in [1.165, 1.54) is 64.2 Å². The highest BCUT2D eigenvalue weighted by Gasteiger charge is 2.61. The first-order valence-electron chi connectivity index (χ1n) is 16.8. The van der Waals surface area contributed by atoms with Crippen LogP contribution in [0.1, 0.15) is 117 Å². The van der Waals surface area contributed by atoms with Crippen molar-refractivity contribution in [3.8, 4) is 0 Å². The molecule has 3 unspecified atom stereocenters. The minimum absolute atomic E-state index is 0.176. The number of carbonyl (C=O) groups excluding carboxylic acids is 1. The van der Waals surface area contributed by atoms with Crippen molar-refractivity contribution in [2.24, 2.45) is 52.3 Å². The number of aryl methyl sites for hydroxylation is 1. The fourth-order valence-electron chi connectivity index (χ4n) is 11.1. The molecule has 1 amide bonds. The summed E-state index contributed by atoms with van der Waals surface area (Å²) in [6.45, 7) is 14.6. The molecule has 0 radical (unpaired) electrons. The summed E-state index contributed by atoms with van der Waals surface area (Å²) in [5.74, 6) is 5.06. The van der Waals surface area contributed by atoms with Crippen LogP contribution in [0.4, 0.5) is 5.69 Å². The molecule has 2 N–H and O–H groups in total. The second-order valence-corrected chi connectivity index (χ2v) is 16.6. The van der Waals surface area contributed by atoms with Crippen molar-refractivity contribution in [2.75, 3.05) is 11.9 Å². The van der Waals surface area contributed by atoms with E-state index in [4.69, 9.17) is 0 Å². The predicted octanol–water partition coefficient (Wildman–Crippen LogP) is 8.33. The van der Waals surface area contributed by atoms with E-state index in [2.05, 4.69) is 37.7 Å². The van der Waals surface area contributed by atoms with Gasteiger partial charge in [0.2, 0.25) is 5.91 Å². The van der Waals surface area contributed by atoms with Crippen LogP contribution in [0.25, 0.3) is 0 Å². The summed E-state index contributed by atoms with van der Waals surface area (Å²) < 4.78 is 28.4. The third-order valence-corrected chi connectivity index (χ3v) is 14.5. The first-order chi connectivity index (χ1) is 19.4. The molecule has 1 aromatic rings. The molecule has 4 saturated carbocycles. The van der Waals surface area contributed by atoms with Crippen molar-refractivity contribution < 1.29 is 13.2 Å². The Morgan fingerprint density at radius 1 is 1.00 bits per heavy atom. The Kier molecular flexibility index (Phi) is 8.92. The van der Waals surface area contributed by atoms with Gasteiger partial charge in [-0.05, 0) is 141 Å². The van der Waals surface area contributed by atoms with E-state index in [0.717, 1.165) is 48.2 Å². The zero-order valence-electron chi connectivity index (χ0n) is 26.6. The highest BCUT2D eigenvalue weighted by atomic mass is 32.2. The minimum atomic E-state index is -3.88. The van der Waals surface area contributed by atoms with Crippen LogP contribution < -0.4 is 10.0 Å². The van der Waals surface area contributed by atoms with E-state index >= 15 is 0 Å². The van der Waals surface area contributed by atoms with Crippen LogP contribution in [0, 0.1) is 59.2 Å². The molecule has 4 aliphatic carbocycles. The Morgan fingerprint density at radius 2 is 1.76 bits per heavy atom. The summed E-state index contributed by atoms with van der Waals surface area (Å²) in [6.07, 6.45) is 14.9. The maximum atomic E-state index is 13.0. The summed E-state index contributed by atoms with van der Waals surface area (Å²) in [5.41, 5.74) is 2.42. The molecule has 0 bridgehead atoms. The van der Waals surface area contributed by atoms with Crippen molar-refractivity contribution in [3.63, 3.8) is 0 Å². The molecule has 4 aliphatic rings. The molecule has 5 nitrogen and oxygen atoms in total. The number of hydrogen-bond acceptors (Lipinski definition) is 4. The second-order valence-electron chi connectivity index (χ2n) is 14.9.